The first-order valence-electron chi connectivity index (χ1n) is 7.74. The van der Waals surface area contributed by atoms with Gasteiger partial charge >= 0.3 is 6.03 Å². The average molecular weight is 401 g/mol. The van der Waals surface area contributed by atoms with Crippen LogP contribution in [0.15, 0.2) is 59.5 Å². The number of benzene rings is 2. The minimum absolute atomic E-state index is 0.264. The highest BCUT2D eigenvalue weighted by Crippen LogP contribution is 2.40. The van der Waals surface area contributed by atoms with Crippen LogP contribution in [0.4, 0.5) is 14.9 Å². The Labute approximate surface area is 152 Å². The lowest BCUT2D eigenvalue weighted by molar-refractivity contribution is 0.251. The van der Waals surface area contributed by atoms with Gasteiger partial charge in [-0.1, -0.05) is 28.1 Å². The maximum Gasteiger partial charge on any atom is 0.319 e. The molecule has 2 heterocycles. The third-order valence-corrected chi connectivity index (χ3v) is 4.75. The number of anilines is 1. The Morgan fingerprint density at radius 2 is 2.04 bits per heavy atom. The summed E-state index contributed by atoms with van der Waals surface area (Å²) >= 11 is 3.35. The number of nitrogens with zero attached hydrogens (tertiary/aromatic N) is 2. The Morgan fingerprint density at radius 1 is 1.24 bits per heavy atom. The fraction of sp³-hybridized carbons (Fsp3) is 0.111. The number of nitrogens with one attached hydrogen (secondary N) is 2. The van der Waals surface area contributed by atoms with Crippen LogP contribution in [0.2, 0.25) is 0 Å². The van der Waals surface area contributed by atoms with Crippen LogP contribution in [0.25, 0.3) is 11.3 Å². The zero-order valence-electron chi connectivity index (χ0n) is 13.0. The summed E-state index contributed by atoms with van der Waals surface area (Å²) in [6.07, 6.45) is 3.37. The lowest BCUT2D eigenvalue weighted by atomic mass is 10.0. The van der Waals surface area contributed by atoms with E-state index in [1.807, 2.05) is 22.8 Å². The monoisotopic (exact) mass is 400 g/mol. The minimum Gasteiger partial charge on any atom is -0.335 e. The van der Waals surface area contributed by atoms with Gasteiger partial charge in [0.05, 0.1) is 24.3 Å². The summed E-state index contributed by atoms with van der Waals surface area (Å²) in [5.41, 5.74) is 2.94. The molecule has 1 atom stereocenters. The first-order valence-corrected chi connectivity index (χ1v) is 8.54. The first-order chi connectivity index (χ1) is 12.1. The lowest BCUT2D eigenvalue weighted by Gasteiger charge is -2.16. The molecule has 0 saturated carbocycles. The second kappa shape index (κ2) is 6.33. The van der Waals surface area contributed by atoms with E-state index in [1.165, 1.54) is 6.07 Å². The van der Waals surface area contributed by atoms with Crippen molar-refractivity contribution >= 4 is 27.6 Å². The third kappa shape index (κ3) is 2.91. The average Bonchev–Trinajstić information content (AvgIpc) is 3.17. The number of amides is 2. The molecule has 0 radical (unpaired) electrons. The highest BCUT2D eigenvalue weighted by atomic mass is 79.9. The van der Waals surface area contributed by atoms with Crippen molar-refractivity contribution in [3.63, 3.8) is 0 Å². The standard InChI is InChI=1S/C18H14BrFN4O/c19-11-4-6-12(7-5-11)23-18(25)22-9-16-17-13(2-1-3-14(17)20)15-8-21-10-24(15)16/h1-8,10,16H,9H2,(H2,22,23,25). The van der Waals surface area contributed by atoms with Crippen molar-refractivity contribution in [1.29, 1.82) is 0 Å². The van der Waals surface area contributed by atoms with Crippen LogP contribution in [-0.2, 0) is 0 Å². The van der Waals surface area contributed by atoms with E-state index >= 15 is 0 Å². The quantitative estimate of drug-likeness (QED) is 0.692. The Morgan fingerprint density at radius 3 is 2.84 bits per heavy atom. The van der Waals surface area contributed by atoms with Crippen molar-refractivity contribution in [1.82, 2.24) is 14.9 Å². The molecule has 7 heteroatoms. The van der Waals surface area contributed by atoms with Gasteiger partial charge in [0.25, 0.3) is 0 Å². The molecule has 2 amide bonds. The summed E-state index contributed by atoms with van der Waals surface area (Å²) in [6, 6.07) is 11.6. The highest BCUT2D eigenvalue weighted by Gasteiger charge is 2.31. The summed E-state index contributed by atoms with van der Waals surface area (Å²) in [4.78, 5) is 16.3. The summed E-state index contributed by atoms with van der Waals surface area (Å²) in [5, 5.41) is 5.57. The smallest absolute Gasteiger partial charge is 0.319 e. The number of carbonyl (C=O) groups excluding carboxylic acids is 1. The molecule has 126 valence electrons. The number of urea groups is 1. The van der Waals surface area contributed by atoms with Crippen LogP contribution >= 0.6 is 15.9 Å². The molecule has 5 nitrogen and oxygen atoms in total. The van der Waals surface area contributed by atoms with Gasteiger partial charge in [-0.2, -0.15) is 0 Å². The predicted octanol–water partition coefficient (Wildman–Crippen LogP) is 4.18. The number of halogens is 2. The zero-order valence-corrected chi connectivity index (χ0v) is 14.6. The Kier molecular flexibility index (Phi) is 4.01. The van der Waals surface area contributed by atoms with E-state index in [9.17, 15) is 9.18 Å². The number of hydrogen-bond donors (Lipinski definition) is 2. The topological polar surface area (TPSA) is 59.0 Å². The fourth-order valence-corrected chi connectivity index (χ4v) is 3.36. The van der Waals surface area contributed by atoms with Crippen molar-refractivity contribution in [2.24, 2.45) is 0 Å². The molecule has 25 heavy (non-hydrogen) atoms. The van der Waals surface area contributed by atoms with Gasteiger partial charge < -0.3 is 15.2 Å². The van der Waals surface area contributed by atoms with Gasteiger partial charge in [-0.15, -0.1) is 0 Å². The SMILES string of the molecule is O=C(NCC1c2c(F)cccc2-c2cncn21)Nc1ccc(Br)cc1. The summed E-state index contributed by atoms with van der Waals surface area (Å²) in [7, 11) is 0. The molecule has 4 rings (SSSR count). The molecule has 0 aliphatic carbocycles. The first kappa shape index (κ1) is 15.8. The molecule has 0 saturated heterocycles. The molecule has 1 aliphatic rings. The van der Waals surface area contributed by atoms with E-state index in [0.29, 0.717) is 11.3 Å². The van der Waals surface area contributed by atoms with Crippen molar-refractivity contribution in [2.75, 3.05) is 11.9 Å². The van der Waals surface area contributed by atoms with Crippen molar-refractivity contribution in [2.45, 2.75) is 6.04 Å². The zero-order chi connectivity index (χ0) is 17.4. The van der Waals surface area contributed by atoms with E-state index in [1.54, 1.807) is 30.7 Å². The molecule has 3 aromatic rings. The molecular formula is C18H14BrFN4O. The van der Waals surface area contributed by atoms with Crippen molar-refractivity contribution in [3.05, 3.63) is 70.8 Å². The molecule has 1 aromatic heterocycles. The molecule has 0 spiro atoms. The van der Waals surface area contributed by atoms with Crippen LogP contribution in [0.3, 0.4) is 0 Å². The fourth-order valence-electron chi connectivity index (χ4n) is 3.10. The van der Waals surface area contributed by atoms with Gasteiger partial charge in [-0.05, 0) is 30.3 Å². The van der Waals surface area contributed by atoms with Crippen molar-refractivity contribution < 1.29 is 9.18 Å². The van der Waals surface area contributed by atoms with E-state index in [0.717, 1.165) is 15.7 Å². The van der Waals surface area contributed by atoms with Crippen LogP contribution in [-0.4, -0.2) is 22.1 Å². The van der Waals surface area contributed by atoms with Gasteiger partial charge in [0.15, 0.2) is 0 Å². The van der Waals surface area contributed by atoms with Crippen LogP contribution in [0, 0.1) is 5.82 Å². The van der Waals surface area contributed by atoms with E-state index in [-0.39, 0.29) is 24.4 Å². The highest BCUT2D eigenvalue weighted by molar-refractivity contribution is 9.10. The molecular weight excluding hydrogens is 387 g/mol. The van der Waals surface area contributed by atoms with Crippen LogP contribution < -0.4 is 10.6 Å². The predicted molar refractivity (Wildman–Crippen MR) is 96.9 cm³/mol. The summed E-state index contributed by atoms with van der Waals surface area (Å²) in [5.74, 6) is -0.277. The summed E-state index contributed by atoms with van der Waals surface area (Å²) in [6.45, 7) is 0.264. The summed E-state index contributed by atoms with van der Waals surface area (Å²) < 4.78 is 17.1. The van der Waals surface area contributed by atoms with E-state index < -0.39 is 0 Å². The molecule has 0 fully saturated rings. The van der Waals surface area contributed by atoms with E-state index in [4.69, 9.17) is 0 Å². The second-order valence-corrected chi connectivity index (χ2v) is 6.66. The lowest BCUT2D eigenvalue weighted by Crippen LogP contribution is -2.33. The molecule has 1 aliphatic heterocycles. The Hall–Kier alpha value is -2.67. The third-order valence-electron chi connectivity index (χ3n) is 4.22. The maximum atomic E-state index is 14.3. The molecule has 2 N–H and O–H groups in total. The Balaban J connectivity index is 1.50. The minimum atomic E-state index is -0.339. The van der Waals surface area contributed by atoms with Gasteiger partial charge in [0.2, 0.25) is 0 Å². The number of carbonyl (C=O) groups is 1. The number of rotatable bonds is 3. The van der Waals surface area contributed by atoms with Gasteiger partial charge in [-0.3, -0.25) is 0 Å². The number of imidazole rings is 1. The largest absolute Gasteiger partial charge is 0.335 e. The molecule has 1 unspecified atom stereocenters. The number of fused-ring (bicyclic) bond motifs is 3. The van der Waals surface area contributed by atoms with Crippen molar-refractivity contribution in [3.8, 4) is 11.3 Å². The number of hydrogen-bond acceptors (Lipinski definition) is 2. The van der Waals surface area contributed by atoms with Crippen LogP contribution in [0.1, 0.15) is 11.6 Å². The van der Waals surface area contributed by atoms with Gasteiger partial charge in [0, 0.05) is 27.8 Å². The second-order valence-electron chi connectivity index (χ2n) is 5.74. The van der Waals surface area contributed by atoms with Gasteiger partial charge in [0.1, 0.15) is 5.82 Å². The Bertz CT molecular complexity index is 939. The van der Waals surface area contributed by atoms with E-state index in [2.05, 4.69) is 31.5 Å². The van der Waals surface area contributed by atoms with Gasteiger partial charge in [-0.25, -0.2) is 14.2 Å². The maximum absolute atomic E-state index is 14.3. The van der Waals surface area contributed by atoms with Crippen LogP contribution in [0.5, 0.6) is 0 Å². The molecule has 2 aromatic carbocycles. The number of aromatic nitrogens is 2. The normalized spacial score (nSPS) is 14.7. The molecule has 0 bridgehead atoms.